The predicted octanol–water partition coefficient (Wildman–Crippen LogP) is 0.911. The van der Waals surface area contributed by atoms with Crippen LogP contribution < -0.4 is 10.9 Å². The van der Waals surface area contributed by atoms with Gasteiger partial charge in [-0.15, -0.1) is 0 Å². The second kappa shape index (κ2) is 3.97. The van der Waals surface area contributed by atoms with Crippen molar-refractivity contribution in [3.05, 3.63) is 33.8 Å². The first-order valence-corrected chi connectivity index (χ1v) is 4.94. The topological polar surface area (TPSA) is 64.7 Å². The van der Waals surface area contributed by atoms with Crippen LogP contribution in [0.5, 0.6) is 0 Å². The molecule has 16 heavy (non-hydrogen) atoms. The quantitative estimate of drug-likeness (QED) is 0.846. The van der Waals surface area contributed by atoms with E-state index in [-0.39, 0.29) is 10.6 Å². The summed E-state index contributed by atoms with van der Waals surface area (Å²) in [7, 11) is 3.34. The summed E-state index contributed by atoms with van der Waals surface area (Å²) in [4.78, 5) is 11.5. The van der Waals surface area contributed by atoms with E-state index in [9.17, 15) is 4.79 Å². The molecule has 0 fully saturated rings. The highest BCUT2D eigenvalue weighted by Gasteiger charge is 2.08. The Morgan fingerprint density at radius 1 is 1.44 bits per heavy atom. The van der Waals surface area contributed by atoms with Crippen molar-refractivity contribution in [2.45, 2.75) is 0 Å². The van der Waals surface area contributed by atoms with Crippen molar-refractivity contribution in [3.8, 4) is 0 Å². The summed E-state index contributed by atoms with van der Waals surface area (Å²) in [5, 5.41) is 11.0. The minimum absolute atomic E-state index is 0.100. The van der Waals surface area contributed by atoms with Crippen LogP contribution >= 0.6 is 11.6 Å². The molecule has 0 radical (unpaired) electrons. The van der Waals surface area contributed by atoms with Crippen molar-refractivity contribution >= 4 is 23.1 Å². The van der Waals surface area contributed by atoms with Crippen LogP contribution in [0.3, 0.4) is 0 Å². The van der Waals surface area contributed by atoms with Gasteiger partial charge in [0.2, 0.25) is 0 Å². The van der Waals surface area contributed by atoms with Gasteiger partial charge in [-0.1, -0.05) is 11.6 Å². The molecule has 2 rings (SSSR count). The van der Waals surface area contributed by atoms with Gasteiger partial charge in [0.1, 0.15) is 5.02 Å². The zero-order valence-electron chi connectivity index (χ0n) is 8.81. The molecule has 0 unspecified atom stereocenters. The molecule has 84 valence electrons. The zero-order chi connectivity index (χ0) is 11.7. The summed E-state index contributed by atoms with van der Waals surface area (Å²) >= 11 is 5.88. The third-order valence-corrected chi connectivity index (χ3v) is 2.42. The first kappa shape index (κ1) is 10.7. The summed E-state index contributed by atoms with van der Waals surface area (Å²) in [5.41, 5.74) is 0.103. The molecular weight excluding hydrogens is 230 g/mol. The lowest BCUT2D eigenvalue weighted by Crippen LogP contribution is -2.20. The zero-order valence-corrected chi connectivity index (χ0v) is 9.56. The first-order chi connectivity index (χ1) is 7.58. The normalized spacial score (nSPS) is 10.4. The summed E-state index contributed by atoms with van der Waals surface area (Å²) in [5.74, 6) is 0.611. The van der Waals surface area contributed by atoms with Gasteiger partial charge < -0.3 is 5.32 Å². The van der Waals surface area contributed by atoms with E-state index in [1.54, 1.807) is 31.0 Å². The molecule has 0 bridgehead atoms. The number of nitrogens with one attached hydrogen (secondary N) is 1. The smallest absolute Gasteiger partial charge is 0.287 e. The Bertz CT molecular complexity index is 574. The van der Waals surface area contributed by atoms with Gasteiger partial charge >= 0.3 is 0 Å². The van der Waals surface area contributed by atoms with E-state index in [4.69, 9.17) is 11.6 Å². The van der Waals surface area contributed by atoms with E-state index in [1.807, 2.05) is 0 Å². The Kier molecular flexibility index (Phi) is 2.66. The van der Waals surface area contributed by atoms with Gasteiger partial charge in [0.05, 0.1) is 11.9 Å². The first-order valence-electron chi connectivity index (χ1n) is 4.56. The molecule has 2 heterocycles. The molecule has 7 heteroatoms. The number of hydrogen-bond acceptors (Lipinski definition) is 4. The van der Waals surface area contributed by atoms with Gasteiger partial charge in [-0.3, -0.25) is 9.48 Å². The molecule has 0 aromatic carbocycles. The summed E-state index contributed by atoms with van der Waals surface area (Å²) in [6, 6.07) is 1.77. The molecule has 0 atom stereocenters. The third kappa shape index (κ3) is 1.92. The Morgan fingerprint density at radius 2 is 2.19 bits per heavy atom. The molecule has 6 nitrogen and oxygen atoms in total. The average molecular weight is 240 g/mol. The number of hydrogen-bond donors (Lipinski definition) is 1. The maximum Gasteiger partial charge on any atom is 0.287 e. The Balaban J connectivity index is 2.36. The van der Waals surface area contributed by atoms with Crippen LogP contribution in [0.4, 0.5) is 11.5 Å². The van der Waals surface area contributed by atoms with Crippen molar-refractivity contribution < 1.29 is 0 Å². The SMILES string of the molecule is Cn1ccc(Nc2cnn(C)c(=O)c2Cl)n1. The number of anilines is 2. The van der Waals surface area contributed by atoms with Crippen LogP contribution in [0.2, 0.25) is 5.02 Å². The predicted molar refractivity (Wildman–Crippen MR) is 61.0 cm³/mol. The van der Waals surface area contributed by atoms with Crippen molar-refractivity contribution in [3.63, 3.8) is 0 Å². The van der Waals surface area contributed by atoms with Gasteiger partial charge in [0.15, 0.2) is 5.82 Å². The summed E-state index contributed by atoms with van der Waals surface area (Å²) in [6.45, 7) is 0. The fraction of sp³-hybridized carbons (Fsp3) is 0.222. The monoisotopic (exact) mass is 239 g/mol. The van der Waals surface area contributed by atoms with Crippen LogP contribution in [-0.2, 0) is 14.1 Å². The van der Waals surface area contributed by atoms with E-state index < -0.39 is 0 Å². The number of halogens is 1. The number of nitrogens with zero attached hydrogens (tertiary/aromatic N) is 4. The highest BCUT2D eigenvalue weighted by Crippen LogP contribution is 2.19. The molecule has 0 aliphatic rings. The van der Waals surface area contributed by atoms with Gasteiger partial charge in [0, 0.05) is 26.4 Å². The molecule has 0 aliphatic heterocycles. The lowest BCUT2D eigenvalue weighted by molar-refractivity contribution is 0.708. The van der Waals surface area contributed by atoms with Crippen LogP contribution in [0, 0.1) is 0 Å². The highest BCUT2D eigenvalue weighted by molar-refractivity contribution is 6.33. The summed E-state index contributed by atoms with van der Waals surface area (Å²) in [6.07, 6.45) is 3.27. The van der Waals surface area contributed by atoms with Gasteiger partial charge in [-0.25, -0.2) is 4.68 Å². The second-order valence-corrected chi connectivity index (χ2v) is 3.68. The fourth-order valence-electron chi connectivity index (χ4n) is 1.22. The van der Waals surface area contributed by atoms with Gasteiger partial charge in [-0.2, -0.15) is 10.2 Å². The Hall–Kier alpha value is -1.82. The van der Waals surface area contributed by atoms with Gasteiger partial charge in [-0.05, 0) is 0 Å². The van der Waals surface area contributed by atoms with Crippen LogP contribution in [-0.4, -0.2) is 19.6 Å². The standard InChI is InChI=1S/C9H10ClN5O/c1-14-4-3-7(13-14)12-6-5-11-15(2)9(16)8(6)10/h3-5H,1-2H3,(H,12,13). The average Bonchev–Trinajstić information content (AvgIpc) is 2.65. The molecule has 0 spiro atoms. The molecule has 2 aromatic rings. The van der Waals surface area contributed by atoms with Crippen molar-refractivity contribution in [2.24, 2.45) is 14.1 Å². The number of aromatic nitrogens is 4. The molecule has 0 saturated carbocycles. The largest absolute Gasteiger partial charge is 0.336 e. The molecular formula is C9H10ClN5O. The fourth-order valence-corrected chi connectivity index (χ4v) is 1.44. The number of rotatable bonds is 2. The third-order valence-electron chi connectivity index (χ3n) is 2.05. The molecule has 0 aliphatic carbocycles. The summed E-state index contributed by atoms with van der Waals surface area (Å²) < 4.78 is 2.82. The van der Waals surface area contributed by atoms with E-state index in [1.165, 1.54) is 10.9 Å². The van der Waals surface area contributed by atoms with Crippen molar-refractivity contribution in [2.75, 3.05) is 5.32 Å². The van der Waals surface area contributed by atoms with Crippen LogP contribution in [0.1, 0.15) is 0 Å². The van der Waals surface area contributed by atoms with Crippen LogP contribution in [0.15, 0.2) is 23.3 Å². The molecule has 0 amide bonds. The molecule has 1 N–H and O–H groups in total. The maximum atomic E-state index is 11.5. The molecule has 0 saturated heterocycles. The van der Waals surface area contributed by atoms with Crippen molar-refractivity contribution in [1.82, 2.24) is 19.6 Å². The van der Waals surface area contributed by atoms with E-state index in [0.717, 1.165) is 0 Å². The lowest BCUT2D eigenvalue weighted by atomic mass is 10.4. The highest BCUT2D eigenvalue weighted by atomic mass is 35.5. The van der Waals surface area contributed by atoms with Gasteiger partial charge in [0.25, 0.3) is 5.56 Å². The van der Waals surface area contributed by atoms with Crippen molar-refractivity contribution in [1.29, 1.82) is 0 Å². The minimum atomic E-state index is -0.345. The lowest BCUT2D eigenvalue weighted by Gasteiger charge is -2.05. The minimum Gasteiger partial charge on any atom is -0.336 e. The van der Waals surface area contributed by atoms with Crippen LogP contribution in [0.25, 0.3) is 0 Å². The second-order valence-electron chi connectivity index (χ2n) is 3.30. The van der Waals surface area contributed by atoms with E-state index >= 15 is 0 Å². The Labute approximate surface area is 96.5 Å². The number of aryl methyl sites for hydroxylation is 2. The maximum absolute atomic E-state index is 11.5. The molecule has 2 aromatic heterocycles. The van der Waals surface area contributed by atoms with E-state index in [2.05, 4.69) is 15.5 Å². The Morgan fingerprint density at radius 3 is 2.81 bits per heavy atom. The van der Waals surface area contributed by atoms with E-state index in [0.29, 0.717) is 11.5 Å².